The standard InChI is InChI=1S/C36H24N6O9S/c43-33-15-9-24(17-29(33)35(45)46)39-37-22-5-1-20(2-6-22)21-3-7-23(8-4-21)38-41-31-13-14-32(28-19-26(52(49,50)51)11-12-27(28)31)42-40-25-10-16-34(44)30(18-25)36(47)48/h1-19,43-44H,(H,45,46)(H,47,48)(H,49,50,51)/p-3. The molecule has 0 amide bonds. The summed E-state index contributed by atoms with van der Waals surface area (Å²) in [4.78, 5) is 21.9. The van der Waals surface area contributed by atoms with E-state index in [0.717, 1.165) is 41.5 Å². The van der Waals surface area contributed by atoms with Crippen LogP contribution < -0.4 is 10.2 Å². The van der Waals surface area contributed by atoms with E-state index in [4.69, 9.17) is 0 Å². The number of nitrogens with zero attached hydrogens (tertiary/aromatic N) is 6. The molecule has 258 valence electrons. The molecule has 0 atom stereocenters. The van der Waals surface area contributed by atoms with E-state index in [0.29, 0.717) is 22.4 Å². The lowest BCUT2D eigenvalue weighted by molar-refractivity contribution is -0.256. The number of hydrogen-bond donors (Lipinski definition) is 2. The Morgan fingerprint density at radius 1 is 0.481 bits per heavy atom. The summed E-state index contributed by atoms with van der Waals surface area (Å²) in [5, 5.41) is 67.2. The Kier molecular flexibility index (Phi) is 9.58. The number of hydrogen-bond acceptors (Lipinski definition) is 15. The highest BCUT2D eigenvalue weighted by Crippen LogP contribution is 2.37. The zero-order chi connectivity index (χ0) is 37.0. The number of carbonyl (C=O) groups excluding carboxylic acids is 2. The third-order valence-electron chi connectivity index (χ3n) is 7.53. The summed E-state index contributed by atoms with van der Waals surface area (Å²) in [5.41, 5.74) is 2.57. The van der Waals surface area contributed by atoms with Gasteiger partial charge in [-0.15, -0.1) is 10.2 Å². The van der Waals surface area contributed by atoms with Gasteiger partial charge in [0.05, 0.1) is 51.0 Å². The molecule has 52 heavy (non-hydrogen) atoms. The lowest BCUT2D eigenvalue weighted by Gasteiger charge is -2.10. The minimum Gasteiger partial charge on any atom is -0.744 e. The number of azo groups is 3. The van der Waals surface area contributed by atoms with Gasteiger partial charge in [-0.05, 0) is 96.1 Å². The molecule has 15 nitrogen and oxygen atoms in total. The van der Waals surface area contributed by atoms with Gasteiger partial charge in [-0.25, -0.2) is 8.42 Å². The van der Waals surface area contributed by atoms with Gasteiger partial charge in [-0.2, -0.15) is 20.5 Å². The lowest BCUT2D eigenvalue weighted by Crippen LogP contribution is -2.22. The summed E-state index contributed by atoms with van der Waals surface area (Å²) in [5.74, 6) is -4.09. The first-order valence-electron chi connectivity index (χ1n) is 14.9. The van der Waals surface area contributed by atoms with E-state index in [1.54, 1.807) is 30.3 Å². The highest BCUT2D eigenvalue weighted by Gasteiger charge is 2.11. The second-order valence-electron chi connectivity index (χ2n) is 10.9. The summed E-state index contributed by atoms with van der Waals surface area (Å²) in [6.07, 6.45) is 0. The summed E-state index contributed by atoms with van der Waals surface area (Å²) in [7, 11) is -4.83. The van der Waals surface area contributed by atoms with E-state index in [-0.39, 0.29) is 22.4 Å². The van der Waals surface area contributed by atoms with Gasteiger partial charge in [0.2, 0.25) is 0 Å². The monoisotopic (exact) mass is 713 g/mol. The number of rotatable bonds is 10. The molecule has 0 saturated heterocycles. The molecule has 6 aromatic carbocycles. The zero-order valence-corrected chi connectivity index (χ0v) is 27.1. The van der Waals surface area contributed by atoms with Crippen molar-refractivity contribution < 1.29 is 43.0 Å². The molecule has 0 aliphatic carbocycles. The van der Waals surface area contributed by atoms with Gasteiger partial charge >= 0.3 is 0 Å². The van der Waals surface area contributed by atoms with Crippen molar-refractivity contribution in [3.8, 4) is 22.6 Å². The molecule has 0 bridgehead atoms. The maximum absolute atomic E-state index is 11.8. The van der Waals surface area contributed by atoms with Crippen LogP contribution in [0, 0.1) is 0 Å². The minimum atomic E-state index is -4.83. The van der Waals surface area contributed by atoms with Crippen molar-refractivity contribution in [2.45, 2.75) is 4.90 Å². The SMILES string of the molecule is O=C([O-])c1cc(N=Nc2ccc(-c3ccc(N=Nc4ccc(N=Nc5ccc(O)c(C(=O)[O-])c5)c5cc(S(=O)(=O)[O-])ccc45)cc3)cc2)ccc1O. The van der Waals surface area contributed by atoms with Crippen LogP contribution in [0.15, 0.2) is 151 Å². The molecule has 0 spiro atoms. The molecule has 0 fully saturated rings. The minimum absolute atomic E-state index is 0.0628. The number of phenols is 2. The maximum Gasteiger partial charge on any atom is 0.124 e. The molecule has 0 aliphatic rings. The van der Waals surface area contributed by atoms with Crippen molar-refractivity contribution in [2.75, 3.05) is 0 Å². The van der Waals surface area contributed by atoms with Crippen molar-refractivity contribution in [3.63, 3.8) is 0 Å². The van der Waals surface area contributed by atoms with E-state index in [9.17, 15) is 43.0 Å². The molecule has 0 radical (unpaired) electrons. The van der Waals surface area contributed by atoms with E-state index in [1.165, 1.54) is 30.3 Å². The number of carbonyl (C=O) groups is 2. The van der Waals surface area contributed by atoms with Crippen molar-refractivity contribution in [2.24, 2.45) is 30.7 Å². The van der Waals surface area contributed by atoms with Crippen LogP contribution in [0.2, 0.25) is 0 Å². The molecular weight excluding hydrogens is 692 g/mol. The predicted octanol–water partition coefficient (Wildman–Crippen LogP) is 6.80. The number of carboxylic acid groups (broad SMARTS) is 2. The van der Waals surface area contributed by atoms with Crippen molar-refractivity contribution in [3.05, 3.63) is 126 Å². The van der Waals surface area contributed by atoms with E-state index >= 15 is 0 Å². The summed E-state index contributed by atoms with van der Waals surface area (Å²) >= 11 is 0. The smallest absolute Gasteiger partial charge is 0.124 e. The van der Waals surface area contributed by atoms with E-state index in [2.05, 4.69) is 30.7 Å². The zero-order valence-electron chi connectivity index (χ0n) is 26.3. The highest BCUT2D eigenvalue weighted by molar-refractivity contribution is 7.85. The average molecular weight is 714 g/mol. The fourth-order valence-corrected chi connectivity index (χ4v) is 5.40. The first kappa shape index (κ1) is 34.7. The van der Waals surface area contributed by atoms with Gasteiger partial charge in [0.1, 0.15) is 21.6 Å². The topological polar surface area (TPSA) is 252 Å². The molecular formula is C36H21N6O9S-3. The largest absolute Gasteiger partial charge is 0.744 e. The Morgan fingerprint density at radius 3 is 1.35 bits per heavy atom. The van der Waals surface area contributed by atoms with Gasteiger partial charge in [0.15, 0.2) is 0 Å². The third kappa shape index (κ3) is 7.83. The van der Waals surface area contributed by atoms with E-state index < -0.39 is 49.6 Å². The number of fused-ring (bicyclic) bond motifs is 1. The van der Waals surface area contributed by atoms with Gasteiger partial charge in [0, 0.05) is 21.9 Å². The van der Waals surface area contributed by atoms with Crippen LogP contribution in [-0.2, 0) is 10.1 Å². The van der Waals surface area contributed by atoms with Crippen LogP contribution in [0.3, 0.4) is 0 Å². The van der Waals surface area contributed by atoms with Crippen molar-refractivity contribution in [1.29, 1.82) is 0 Å². The van der Waals surface area contributed by atoms with Crippen LogP contribution in [-0.4, -0.2) is 35.1 Å². The predicted molar refractivity (Wildman–Crippen MR) is 181 cm³/mol. The van der Waals surface area contributed by atoms with Crippen LogP contribution in [0.25, 0.3) is 21.9 Å². The van der Waals surface area contributed by atoms with Crippen molar-refractivity contribution >= 4 is 67.0 Å². The van der Waals surface area contributed by atoms with Gasteiger partial charge in [-0.1, -0.05) is 30.3 Å². The second-order valence-corrected chi connectivity index (χ2v) is 12.3. The molecule has 6 aromatic rings. The van der Waals surface area contributed by atoms with Gasteiger partial charge < -0.3 is 34.6 Å². The Morgan fingerprint density at radius 2 is 0.885 bits per heavy atom. The van der Waals surface area contributed by atoms with E-state index in [1.807, 2.05) is 24.3 Å². The number of aromatic carboxylic acids is 2. The molecule has 0 heterocycles. The summed E-state index contributed by atoms with van der Waals surface area (Å²) in [6, 6.07) is 28.1. The Bertz CT molecular complexity index is 2570. The first-order valence-corrected chi connectivity index (χ1v) is 16.3. The number of carboxylic acids is 2. The van der Waals surface area contributed by atoms with Gasteiger partial charge in [-0.3, -0.25) is 0 Å². The Hall–Kier alpha value is -7.17. The lowest BCUT2D eigenvalue weighted by atomic mass is 10.1. The fourth-order valence-electron chi connectivity index (χ4n) is 4.91. The molecule has 16 heteroatoms. The van der Waals surface area contributed by atoms with Crippen LogP contribution in [0.1, 0.15) is 20.7 Å². The number of aromatic hydroxyl groups is 2. The summed E-state index contributed by atoms with van der Waals surface area (Å²) in [6.45, 7) is 0. The molecule has 0 aliphatic heterocycles. The average Bonchev–Trinajstić information content (AvgIpc) is 3.13. The third-order valence-corrected chi connectivity index (χ3v) is 8.36. The normalized spacial score (nSPS) is 11.9. The highest BCUT2D eigenvalue weighted by atomic mass is 32.2. The molecule has 0 unspecified atom stereocenters. The van der Waals surface area contributed by atoms with Crippen LogP contribution >= 0.6 is 0 Å². The molecule has 0 saturated carbocycles. The Labute approximate surface area is 294 Å². The summed E-state index contributed by atoms with van der Waals surface area (Å²) < 4.78 is 35.4. The number of benzene rings is 6. The Balaban J connectivity index is 1.22. The van der Waals surface area contributed by atoms with Crippen molar-refractivity contribution in [1.82, 2.24) is 0 Å². The maximum atomic E-state index is 11.8. The van der Waals surface area contributed by atoms with Crippen LogP contribution in [0.4, 0.5) is 34.1 Å². The molecule has 2 N–H and O–H groups in total. The van der Waals surface area contributed by atoms with Crippen LogP contribution in [0.5, 0.6) is 11.5 Å². The first-order chi connectivity index (χ1) is 24.9. The van der Waals surface area contributed by atoms with Gasteiger partial charge in [0.25, 0.3) is 0 Å². The second kappa shape index (κ2) is 14.4. The fraction of sp³-hybridized carbons (Fsp3) is 0. The quantitative estimate of drug-likeness (QED) is 0.112. The molecule has 6 rings (SSSR count). The molecule has 0 aromatic heterocycles.